The fraction of sp³-hybridized carbons (Fsp3) is 0.846. The molecular formula is C13H25N3O3. The quantitative estimate of drug-likeness (QED) is 0.601. The van der Waals surface area contributed by atoms with Crippen molar-refractivity contribution < 1.29 is 14.7 Å². The largest absolute Gasteiger partial charge is 0.391 e. The number of aliphatic hydroxyl groups is 1. The van der Waals surface area contributed by atoms with E-state index in [1.54, 1.807) is 0 Å². The van der Waals surface area contributed by atoms with Gasteiger partial charge in [-0.15, -0.1) is 0 Å². The summed E-state index contributed by atoms with van der Waals surface area (Å²) in [7, 11) is 0. The molecule has 0 radical (unpaired) electrons. The second-order valence-electron chi connectivity index (χ2n) is 5.79. The number of rotatable bonds is 6. The van der Waals surface area contributed by atoms with Crippen molar-refractivity contribution in [1.29, 1.82) is 0 Å². The second-order valence-corrected chi connectivity index (χ2v) is 5.79. The molecule has 1 fully saturated rings. The molecular weight excluding hydrogens is 246 g/mol. The van der Waals surface area contributed by atoms with E-state index in [0.29, 0.717) is 18.9 Å². The number of primary amides is 1. The van der Waals surface area contributed by atoms with Crippen LogP contribution in [0.3, 0.4) is 0 Å². The van der Waals surface area contributed by atoms with Crippen LogP contribution in [-0.4, -0.2) is 47.1 Å². The molecule has 0 spiro atoms. The Morgan fingerprint density at radius 3 is 2.53 bits per heavy atom. The topological polar surface area (TPSA) is 110 Å². The van der Waals surface area contributed by atoms with Gasteiger partial charge in [-0.2, -0.15) is 0 Å². The van der Waals surface area contributed by atoms with E-state index in [4.69, 9.17) is 11.5 Å². The van der Waals surface area contributed by atoms with E-state index < -0.39 is 18.1 Å². The summed E-state index contributed by atoms with van der Waals surface area (Å²) in [4.78, 5) is 24.9. The molecule has 1 rings (SSSR count). The van der Waals surface area contributed by atoms with E-state index in [-0.39, 0.29) is 24.8 Å². The van der Waals surface area contributed by atoms with Gasteiger partial charge in [0, 0.05) is 19.4 Å². The Morgan fingerprint density at radius 1 is 1.42 bits per heavy atom. The van der Waals surface area contributed by atoms with E-state index in [1.165, 1.54) is 4.90 Å². The highest BCUT2D eigenvalue weighted by Gasteiger charge is 2.38. The SMILES string of the molecule is CC(C)CC(CN)CC(=O)N1CC(O)CC1C(N)=O. The number of β-amino-alcohol motifs (C(OH)–C–C–N with tert-alkyl or cyclic N) is 1. The summed E-state index contributed by atoms with van der Waals surface area (Å²) >= 11 is 0. The van der Waals surface area contributed by atoms with Crippen LogP contribution in [0.5, 0.6) is 0 Å². The normalized spacial score (nSPS) is 24.8. The molecule has 0 aliphatic carbocycles. The molecule has 110 valence electrons. The summed E-state index contributed by atoms with van der Waals surface area (Å²) in [5.74, 6) is -0.120. The van der Waals surface area contributed by atoms with Gasteiger partial charge in [-0.1, -0.05) is 13.8 Å². The van der Waals surface area contributed by atoms with Crippen molar-refractivity contribution in [2.45, 2.75) is 45.3 Å². The monoisotopic (exact) mass is 271 g/mol. The number of nitrogens with two attached hydrogens (primary N) is 2. The average molecular weight is 271 g/mol. The lowest BCUT2D eigenvalue weighted by molar-refractivity contribution is -0.138. The van der Waals surface area contributed by atoms with Crippen molar-refractivity contribution in [2.75, 3.05) is 13.1 Å². The van der Waals surface area contributed by atoms with E-state index in [2.05, 4.69) is 13.8 Å². The number of nitrogens with zero attached hydrogens (tertiary/aromatic N) is 1. The standard InChI is InChI=1S/C13H25N3O3/c1-8(2)3-9(6-14)4-12(18)16-7-10(17)5-11(16)13(15)19/h8-11,17H,3-7,14H2,1-2H3,(H2,15,19). The van der Waals surface area contributed by atoms with Gasteiger partial charge < -0.3 is 21.5 Å². The molecule has 1 heterocycles. The number of carbonyl (C=O) groups excluding carboxylic acids is 2. The molecule has 1 aliphatic heterocycles. The third kappa shape index (κ3) is 4.47. The van der Waals surface area contributed by atoms with Crippen molar-refractivity contribution in [1.82, 2.24) is 4.90 Å². The first-order chi connectivity index (χ1) is 8.85. The fourth-order valence-electron chi connectivity index (χ4n) is 2.65. The molecule has 1 aliphatic rings. The Bertz CT molecular complexity index is 333. The maximum atomic E-state index is 12.2. The van der Waals surface area contributed by atoms with Crippen LogP contribution >= 0.6 is 0 Å². The minimum atomic E-state index is -0.681. The lowest BCUT2D eigenvalue weighted by Gasteiger charge is -2.25. The van der Waals surface area contributed by atoms with Crippen molar-refractivity contribution in [3.63, 3.8) is 0 Å². The molecule has 0 aromatic heterocycles. The first kappa shape index (κ1) is 15.9. The number of amides is 2. The Kier molecular flexibility index (Phi) is 5.75. The van der Waals surface area contributed by atoms with Crippen molar-refractivity contribution in [3.8, 4) is 0 Å². The van der Waals surface area contributed by atoms with Gasteiger partial charge in [0.2, 0.25) is 11.8 Å². The van der Waals surface area contributed by atoms with Crippen LogP contribution in [0.2, 0.25) is 0 Å². The zero-order chi connectivity index (χ0) is 14.6. The van der Waals surface area contributed by atoms with Crippen LogP contribution in [0.1, 0.15) is 33.1 Å². The smallest absolute Gasteiger partial charge is 0.240 e. The number of hydrogen-bond donors (Lipinski definition) is 3. The predicted molar refractivity (Wildman–Crippen MR) is 71.9 cm³/mol. The maximum absolute atomic E-state index is 12.2. The third-order valence-electron chi connectivity index (χ3n) is 3.53. The Hall–Kier alpha value is -1.14. The number of aliphatic hydroxyl groups excluding tert-OH is 1. The van der Waals surface area contributed by atoms with Gasteiger partial charge in [-0.25, -0.2) is 0 Å². The van der Waals surface area contributed by atoms with Crippen molar-refractivity contribution >= 4 is 11.8 Å². The molecule has 2 amide bonds. The maximum Gasteiger partial charge on any atom is 0.240 e. The van der Waals surface area contributed by atoms with Crippen LogP contribution in [0.15, 0.2) is 0 Å². The highest BCUT2D eigenvalue weighted by molar-refractivity contribution is 5.87. The Balaban J connectivity index is 2.63. The minimum Gasteiger partial charge on any atom is -0.391 e. The Labute approximate surface area is 114 Å². The molecule has 19 heavy (non-hydrogen) atoms. The lowest BCUT2D eigenvalue weighted by atomic mass is 9.93. The molecule has 5 N–H and O–H groups in total. The molecule has 3 atom stereocenters. The van der Waals surface area contributed by atoms with Crippen molar-refractivity contribution in [2.24, 2.45) is 23.3 Å². The first-order valence-electron chi connectivity index (χ1n) is 6.82. The summed E-state index contributed by atoms with van der Waals surface area (Å²) in [6.45, 7) is 4.80. The van der Waals surface area contributed by atoms with Crippen LogP contribution in [0.4, 0.5) is 0 Å². The van der Waals surface area contributed by atoms with E-state index in [9.17, 15) is 14.7 Å². The highest BCUT2D eigenvalue weighted by atomic mass is 16.3. The third-order valence-corrected chi connectivity index (χ3v) is 3.53. The molecule has 0 bridgehead atoms. The van der Waals surface area contributed by atoms with Crippen LogP contribution in [0, 0.1) is 11.8 Å². The summed E-state index contributed by atoms with van der Waals surface area (Å²) in [5.41, 5.74) is 10.9. The molecule has 0 saturated carbocycles. The van der Waals surface area contributed by atoms with E-state index in [0.717, 1.165) is 6.42 Å². The van der Waals surface area contributed by atoms with Gasteiger partial charge >= 0.3 is 0 Å². The Morgan fingerprint density at radius 2 is 2.05 bits per heavy atom. The van der Waals surface area contributed by atoms with Gasteiger partial charge in [-0.3, -0.25) is 9.59 Å². The predicted octanol–water partition coefficient (Wildman–Crippen LogP) is -0.555. The van der Waals surface area contributed by atoms with E-state index >= 15 is 0 Å². The fourth-order valence-corrected chi connectivity index (χ4v) is 2.65. The number of likely N-dealkylation sites (tertiary alicyclic amines) is 1. The van der Waals surface area contributed by atoms with Gasteiger partial charge in [0.05, 0.1) is 6.10 Å². The lowest BCUT2D eigenvalue weighted by Crippen LogP contribution is -2.44. The van der Waals surface area contributed by atoms with Crippen molar-refractivity contribution in [3.05, 3.63) is 0 Å². The van der Waals surface area contributed by atoms with Gasteiger partial charge in [-0.05, 0) is 24.8 Å². The molecule has 0 aromatic carbocycles. The van der Waals surface area contributed by atoms with E-state index in [1.807, 2.05) is 0 Å². The number of hydrogen-bond acceptors (Lipinski definition) is 4. The van der Waals surface area contributed by atoms with Crippen LogP contribution < -0.4 is 11.5 Å². The average Bonchev–Trinajstić information content (AvgIpc) is 2.70. The molecule has 1 saturated heterocycles. The summed E-state index contributed by atoms with van der Waals surface area (Å²) in [5, 5.41) is 9.58. The highest BCUT2D eigenvalue weighted by Crippen LogP contribution is 2.22. The summed E-state index contributed by atoms with van der Waals surface area (Å²) in [6.07, 6.45) is 0.756. The van der Waals surface area contributed by atoms with Crippen LogP contribution in [0.25, 0.3) is 0 Å². The first-order valence-corrected chi connectivity index (χ1v) is 6.82. The number of carbonyl (C=O) groups is 2. The zero-order valence-electron chi connectivity index (χ0n) is 11.7. The van der Waals surface area contributed by atoms with Gasteiger partial charge in [0.1, 0.15) is 6.04 Å². The van der Waals surface area contributed by atoms with Gasteiger partial charge in [0.25, 0.3) is 0 Å². The summed E-state index contributed by atoms with van der Waals surface area (Å²) < 4.78 is 0. The molecule has 6 nitrogen and oxygen atoms in total. The van der Waals surface area contributed by atoms with Gasteiger partial charge in [0.15, 0.2) is 0 Å². The molecule has 0 aromatic rings. The molecule has 3 unspecified atom stereocenters. The minimum absolute atomic E-state index is 0.110. The zero-order valence-corrected chi connectivity index (χ0v) is 11.7. The molecule has 6 heteroatoms. The van der Waals surface area contributed by atoms with Crippen LogP contribution in [-0.2, 0) is 9.59 Å². The summed E-state index contributed by atoms with van der Waals surface area (Å²) in [6, 6.07) is -0.681. The second kappa shape index (κ2) is 6.86.